The molecule has 0 aromatic heterocycles. The van der Waals surface area contributed by atoms with Crippen LogP contribution in [-0.2, 0) is 11.3 Å². The van der Waals surface area contributed by atoms with Crippen molar-refractivity contribution in [3.05, 3.63) is 65.2 Å². The Balaban J connectivity index is 2.05. The number of aromatic carboxylic acids is 1. The van der Waals surface area contributed by atoms with Crippen molar-refractivity contribution < 1.29 is 19.4 Å². The number of rotatable bonds is 6. The quantitative estimate of drug-likeness (QED) is 0.880. The van der Waals surface area contributed by atoms with Crippen LogP contribution in [-0.4, -0.2) is 18.2 Å². The van der Waals surface area contributed by atoms with Crippen molar-refractivity contribution in [1.29, 1.82) is 0 Å². The Hall–Kier alpha value is -2.33. The normalized spacial score (nSPS) is 11.9. The van der Waals surface area contributed by atoms with Gasteiger partial charge in [-0.15, -0.1) is 0 Å². The van der Waals surface area contributed by atoms with Crippen molar-refractivity contribution in [2.75, 3.05) is 7.11 Å². The van der Waals surface area contributed by atoms with Crippen molar-refractivity contribution in [2.45, 2.75) is 19.6 Å². The smallest absolute Gasteiger partial charge is 0.339 e. The van der Waals surface area contributed by atoms with Crippen molar-refractivity contribution in [3.8, 4) is 5.75 Å². The molecule has 4 nitrogen and oxygen atoms in total. The molecule has 0 fully saturated rings. The summed E-state index contributed by atoms with van der Waals surface area (Å²) in [6.07, 6.45) is -0.0312. The highest BCUT2D eigenvalue weighted by Crippen LogP contribution is 2.23. The van der Waals surface area contributed by atoms with E-state index in [9.17, 15) is 4.79 Å². The third kappa shape index (κ3) is 3.83. The zero-order chi connectivity index (χ0) is 15.2. The lowest BCUT2D eigenvalue weighted by Crippen LogP contribution is -2.03. The number of methoxy groups -OCH3 is 1. The summed E-state index contributed by atoms with van der Waals surface area (Å²) in [6, 6.07) is 14.9. The second kappa shape index (κ2) is 6.90. The van der Waals surface area contributed by atoms with E-state index in [1.165, 1.54) is 13.2 Å². The fourth-order valence-electron chi connectivity index (χ4n) is 2.04. The molecule has 0 spiro atoms. The molecule has 110 valence electrons. The van der Waals surface area contributed by atoms with E-state index in [1.54, 1.807) is 12.1 Å². The van der Waals surface area contributed by atoms with Crippen LogP contribution in [0.25, 0.3) is 0 Å². The van der Waals surface area contributed by atoms with Gasteiger partial charge in [0, 0.05) is 0 Å². The molecule has 1 unspecified atom stereocenters. The molecule has 21 heavy (non-hydrogen) atoms. The molecule has 1 atom stereocenters. The van der Waals surface area contributed by atoms with Gasteiger partial charge in [-0.05, 0) is 30.2 Å². The van der Waals surface area contributed by atoms with E-state index >= 15 is 0 Å². The first kappa shape index (κ1) is 15.1. The Morgan fingerprint density at radius 2 is 1.90 bits per heavy atom. The van der Waals surface area contributed by atoms with Gasteiger partial charge in [-0.2, -0.15) is 0 Å². The number of carbonyl (C=O) groups is 1. The number of hydrogen-bond donors (Lipinski definition) is 1. The Bertz CT molecular complexity index is 607. The molecule has 1 N–H and O–H groups in total. The van der Waals surface area contributed by atoms with Gasteiger partial charge < -0.3 is 14.6 Å². The molecule has 0 bridgehead atoms. The zero-order valence-electron chi connectivity index (χ0n) is 12.1. The van der Waals surface area contributed by atoms with Crippen LogP contribution < -0.4 is 4.74 Å². The maximum atomic E-state index is 11.0. The third-order valence-corrected chi connectivity index (χ3v) is 3.27. The standard InChI is InChI=1S/C17H18O4/c1-12(14-6-4-3-5-7-14)21-11-13-8-9-15(17(18)19)16(10-13)20-2/h3-10,12H,11H2,1-2H3,(H,18,19). The number of carboxylic acids is 1. The minimum absolute atomic E-state index is 0.0312. The van der Waals surface area contributed by atoms with E-state index < -0.39 is 5.97 Å². The second-order valence-corrected chi connectivity index (χ2v) is 4.70. The number of carboxylic acid groups (broad SMARTS) is 1. The molecule has 0 aliphatic heterocycles. The predicted molar refractivity (Wildman–Crippen MR) is 79.6 cm³/mol. The Morgan fingerprint density at radius 1 is 1.19 bits per heavy atom. The van der Waals surface area contributed by atoms with Crippen molar-refractivity contribution in [2.24, 2.45) is 0 Å². The highest BCUT2D eigenvalue weighted by molar-refractivity contribution is 5.90. The molecular weight excluding hydrogens is 268 g/mol. The van der Waals surface area contributed by atoms with E-state index in [4.69, 9.17) is 14.6 Å². The molecule has 2 aromatic carbocycles. The summed E-state index contributed by atoms with van der Waals surface area (Å²) in [6.45, 7) is 2.38. The van der Waals surface area contributed by atoms with Gasteiger partial charge in [-0.3, -0.25) is 0 Å². The van der Waals surface area contributed by atoms with Gasteiger partial charge in [0.05, 0.1) is 19.8 Å². The van der Waals surface area contributed by atoms with E-state index in [-0.39, 0.29) is 11.7 Å². The molecule has 2 aromatic rings. The van der Waals surface area contributed by atoms with Crippen LogP contribution in [0.15, 0.2) is 48.5 Å². The lowest BCUT2D eigenvalue weighted by atomic mass is 10.1. The van der Waals surface area contributed by atoms with E-state index in [1.807, 2.05) is 37.3 Å². The lowest BCUT2D eigenvalue weighted by Gasteiger charge is -2.14. The molecule has 0 amide bonds. The van der Waals surface area contributed by atoms with E-state index in [2.05, 4.69) is 0 Å². The summed E-state index contributed by atoms with van der Waals surface area (Å²) >= 11 is 0. The van der Waals surface area contributed by atoms with Crippen LogP contribution in [0.3, 0.4) is 0 Å². The van der Waals surface area contributed by atoms with E-state index in [0.29, 0.717) is 12.4 Å². The van der Waals surface area contributed by atoms with Crippen LogP contribution >= 0.6 is 0 Å². The van der Waals surface area contributed by atoms with Gasteiger partial charge in [0.2, 0.25) is 0 Å². The fourth-order valence-corrected chi connectivity index (χ4v) is 2.04. The van der Waals surface area contributed by atoms with Gasteiger partial charge in [0.1, 0.15) is 11.3 Å². The molecule has 0 aliphatic rings. The molecule has 4 heteroatoms. The highest BCUT2D eigenvalue weighted by Gasteiger charge is 2.12. The summed E-state index contributed by atoms with van der Waals surface area (Å²) < 4.78 is 10.9. The largest absolute Gasteiger partial charge is 0.496 e. The second-order valence-electron chi connectivity index (χ2n) is 4.70. The highest BCUT2D eigenvalue weighted by atomic mass is 16.5. The monoisotopic (exact) mass is 286 g/mol. The van der Waals surface area contributed by atoms with Crippen LogP contribution in [0.2, 0.25) is 0 Å². The number of benzene rings is 2. The Kier molecular flexibility index (Phi) is 4.95. The maximum absolute atomic E-state index is 11.0. The summed E-state index contributed by atoms with van der Waals surface area (Å²) in [5.74, 6) is -0.659. The van der Waals surface area contributed by atoms with Gasteiger partial charge >= 0.3 is 5.97 Å². The van der Waals surface area contributed by atoms with Gasteiger partial charge in [0.25, 0.3) is 0 Å². The van der Waals surface area contributed by atoms with Crippen molar-refractivity contribution in [3.63, 3.8) is 0 Å². The van der Waals surface area contributed by atoms with Crippen LogP contribution in [0.1, 0.15) is 34.5 Å². The van der Waals surface area contributed by atoms with Crippen molar-refractivity contribution >= 4 is 5.97 Å². The number of hydrogen-bond acceptors (Lipinski definition) is 3. The minimum atomic E-state index is -1.00. The molecule has 0 aliphatic carbocycles. The van der Waals surface area contributed by atoms with Gasteiger partial charge in [-0.1, -0.05) is 36.4 Å². The number of ether oxygens (including phenoxy) is 2. The topological polar surface area (TPSA) is 55.8 Å². The van der Waals surface area contributed by atoms with Gasteiger partial charge in [-0.25, -0.2) is 4.79 Å². The molecule has 0 radical (unpaired) electrons. The Morgan fingerprint density at radius 3 is 2.52 bits per heavy atom. The molecule has 0 saturated heterocycles. The predicted octanol–water partition coefficient (Wildman–Crippen LogP) is 3.67. The first-order chi connectivity index (χ1) is 10.1. The minimum Gasteiger partial charge on any atom is -0.496 e. The summed E-state index contributed by atoms with van der Waals surface area (Å²) in [5, 5.41) is 9.04. The molecule has 2 rings (SSSR count). The van der Waals surface area contributed by atoms with Crippen LogP contribution in [0.4, 0.5) is 0 Å². The fraction of sp³-hybridized carbons (Fsp3) is 0.235. The first-order valence-electron chi connectivity index (χ1n) is 6.68. The SMILES string of the molecule is COc1cc(COC(C)c2ccccc2)ccc1C(=O)O. The first-order valence-corrected chi connectivity index (χ1v) is 6.68. The van der Waals surface area contributed by atoms with E-state index in [0.717, 1.165) is 11.1 Å². The molecule has 0 saturated carbocycles. The molecular formula is C17H18O4. The van der Waals surface area contributed by atoms with Gasteiger partial charge in [0.15, 0.2) is 0 Å². The summed E-state index contributed by atoms with van der Waals surface area (Å²) in [7, 11) is 1.46. The van der Waals surface area contributed by atoms with Crippen molar-refractivity contribution in [1.82, 2.24) is 0 Å². The van der Waals surface area contributed by atoms with Crippen LogP contribution in [0, 0.1) is 0 Å². The average molecular weight is 286 g/mol. The lowest BCUT2D eigenvalue weighted by molar-refractivity contribution is 0.0523. The maximum Gasteiger partial charge on any atom is 0.339 e. The van der Waals surface area contributed by atoms with Crippen LogP contribution in [0.5, 0.6) is 5.75 Å². The molecule has 0 heterocycles. The zero-order valence-corrected chi connectivity index (χ0v) is 12.1. The Labute approximate surface area is 123 Å². The summed E-state index contributed by atoms with van der Waals surface area (Å²) in [5.41, 5.74) is 2.13. The average Bonchev–Trinajstić information content (AvgIpc) is 2.52. The summed E-state index contributed by atoms with van der Waals surface area (Å²) in [4.78, 5) is 11.0. The third-order valence-electron chi connectivity index (χ3n) is 3.27.